The van der Waals surface area contributed by atoms with Crippen LogP contribution in [0.2, 0.25) is 0 Å². The van der Waals surface area contributed by atoms with Gasteiger partial charge < -0.3 is 10.6 Å². The molecule has 6 heteroatoms. The first kappa shape index (κ1) is 16.3. The molecule has 25 heavy (non-hydrogen) atoms. The van der Waals surface area contributed by atoms with Gasteiger partial charge >= 0.3 is 0 Å². The molecule has 2 aliphatic rings. The molecule has 0 bridgehead atoms. The number of pyridine rings is 1. The third-order valence-electron chi connectivity index (χ3n) is 6.03. The minimum absolute atomic E-state index is 0.0743. The largest absolute Gasteiger partial charge is 0.350 e. The number of amides is 1. The number of carbonyl (C=O) groups is 1. The highest BCUT2D eigenvalue weighted by Gasteiger charge is 2.43. The van der Waals surface area contributed by atoms with Gasteiger partial charge in [0.05, 0.1) is 6.20 Å². The minimum Gasteiger partial charge on any atom is -0.350 e. The molecule has 3 N–H and O–H groups in total. The zero-order valence-electron chi connectivity index (χ0n) is 14.4. The van der Waals surface area contributed by atoms with E-state index in [-0.39, 0.29) is 5.91 Å². The van der Waals surface area contributed by atoms with Crippen molar-refractivity contribution in [3.63, 3.8) is 0 Å². The highest BCUT2D eigenvalue weighted by atomic mass is 16.1. The van der Waals surface area contributed by atoms with E-state index >= 15 is 0 Å². The molecule has 1 saturated carbocycles. The van der Waals surface area contributed by atoms with Crippen molar-refractivity contribution in [1.29, 1.82) is 0 Å². The standard InChI is InChI=1S/C19H25N5O/c25-18(17-4-3-14(10-21-17)15-11-23-24-12-15)22-13-16-2-1-5-19(16)6-8-20-9-7-19/h3-4,10-12,16,20H,1-2,5-9,13H2,(H,22,25)(H,23,24). The molecule has 2 aromatic heterocycles. The molecular weight excluding hydrogens is 314 g/mol. The Morgan fingerprint density at radius 1 is 1.20 bits per heavy atom. The van der Waals surface area contributed by atoms with Gasteiger partial charge in [-0.05, 0) is 56.2 Å². The molecule has 132 valence electrons. The molecule has 0 radical (unpaired) electrons. The van der Waals surface area contributed by atoms with E-state index < -0.39 is 0 Å². The molecular formula is C19H25N5O. The lowest BCUT2D eigenvalue weighted by Gasteiger charge is -2.39. The van der Waals surface area contributed by atoms with Crippen LogP contribution in [0.25, 0.3) is 11.1 Å². The summed E-state index contributed by atoms with van der Waals surface area (Å²) in [5.41, 5.74) is 2.84. The van der Waals surface area contributed by atoms with Crippen molar-refractivity contribution in [1.82, 2.24) is 25.8 Å². The first-order chi connectivity index (χ1) is 12.3. The monoisotopic (exact) mass is 339 g/mol. The molecule has 1 spiro atoms. The number of aromatic nitrogens is 3. The van der Waals surface area contributed by atoms with Crippen LogP contribution in [-0.4, -0.2) is 40.7 Å². The van der Waals surface area contributed by atoms with E-state index in [0.29, 0.717) is 17.0 Å². The quantitative estimate of drug-likeness (QED) is 0.799. The summed E-state index contributed by atoms with van der Waals surface area (Å²) in [6, 6.07) is 3.70. The van der Waals surface area contributed by atoms with Gasteiger partial charge in [-0.2, -0.15) is 5.10 Å². The van der Waals surface area contributed by atoms with Gasteiger partial charge in [0.2, 0.25) is 0 Å². The van der Waals surface area contributed by atoms with Crippen LogP contribution in [0.5, 0.6) is 0 Å². The van der Waals surface area contributed by atoms with E-state index in [2.05, 4.69) is 25.8 Å². The number of aromatic amines is 1. The van der Waals surface area contributed by atoms with Crippen molar-refractivity contribution in [2.75, 3.05) is 19.6 Å². The summed E-state index contributed by atoms with van der Waals surface area (Å²) < 4.78 is 0. The molecule has 4 rings (SSSR count). The molecule has 2 fully saturated rings. The lowest BCUT2D eigenvalue weighted by molar-refractivity contribution is 0.0903. The topological polar surface area (TPSA) is 82.7 Å². The van der Waals surface area contributed by atoms with Crippen LogP contribution in [0.4, 0.5) is 0 Å². The normalized spacial score (nSPS) is 22.2. The Morgan fingerprint density at radius 3 is 2.80 bits per heavy atom. The van der Waals surface area contributed by atoms with Crippen LogP contribution in [0.15, 0.2) is 30.7 Å². The van der Waals surface area contributed by atoms with Gasteiger partial charge in [0.1, 0.15) is 5.69 Å². The Morgan fingerprint density at radius 2 is 2.08 bits per heavy atom. The third kappa shape index (κ3) is 3.31. The van der Waals surface area contributed by atoms with Gasteiger partial charge in [-0.3, -0.25) is 14.9 Å². The Kier molecular flexibility index (Phi) is 4.53. The first-order valence-corrected chi connectivity index (χ1v) is 9.21. The predicted octanol–water partition coefficient (Wildman–Crippen LogP) is 2.37. The summed E-state index contributed by atoms with van der Waals surface area (Å²) in [4.78, 5) is 16.8. The van der Waals surface area contributed by atoms with Gasteiger partial charge in [0.25, 0.3) is 5.91 Å². The van der Waals surface area contributed by atoms with Crippen LogP contribution in [-0.2, 0) is 0 Å². The molecule has 3 heterocycles. The van der Waals surface area contributed by atoms with Crippen molar-refractivity contribution in [2.24, 2.45) is 11.3 Å². The van der Waals surface area contributed by atoms with E-state index in [1.165, 1.54) is 32.1 Å². The minimum atomic E-state index is -0.0743. The van der Waals surface area contributed by atoms with Crippen LogP contribution in [0.3, 0.4) is 0 Å². The molecule has 1 atom stereocenters. The predicted molar refractivity (Wildman–Crippen MR) is 96.0 cm³/mol. The van der Waals surface area contributed by atoms with Crippen molar-refractivity contribution in [3.05, 3.63) is 36.4 Å². The lowest BCUT2D eigenvalue weighted by Crippen LogP contribution is -2.43. The molecule has 1 aliphatic carbocycles. The Bertz CT molecular complexity index is 704. The number of nitrogens with one attached hydrogen (secondary N) is 3. The van der Waals surface area contributed by atoms with E-state index in [9.17, 15) is 4.79 Å². The summed E-state index contributed by atoms with van der Waals surface area (Å²) in [6.45, 7) is 2.99. The van der Waals surface area contributed by atoms with E-state index in [1.807, 2.05) is 12.3 Å². The molecule has 6 nitrogen and oxygen atoms in total. The molecule has 2 aromatic rings. The highest BCUT2D eigenvalue weighted by molar-refractivity contribution is 5.92. The van der Waals surface area contributed by atoms with Gasteiger partial charge in [-0.25, -0.2) is 0 Å². The van der Waals surface area contributed by atoms with E-state index in [1.54, 1.807) is 18.5 Å². The Labute approximate surface area is 147 Å². The van der Waals surface area contributed by atoms with Gasteiger partial charge in [-0.1, -0.05) is 12.5 Å². The molecule has 0 aromatic carbocycles. The van der Waals surface area contributed by atoms with E-state index in [0.717, 1.165) is 30.8 Å². The van der Waals surface area contributed by atoms with E-state index in [4.69, 9.17) is 0 Å². The zero-order valence-corrected chi connectivity index (χ0v) is 14.4. The summed E-state index contributed by atoms with van der Waals surface area (Å²) in [5.74, 6) is 0.526. The number of nitrogens with zero attached hydrogens (tertiary/aromatic N) is 2. The fraction of sp³-hybridized carbons (Fsp3) is 0.526. The number of H-pyrrole nitrogens is 1. The average molecular weight is 339 g/mol. The lowest BCUT2D eigenvalue weighted by atomic mass is 9.71. The maximum atomic E-state index is 12.5. The Balaban J connectivity index is 1.37. The van der Waals surface area contributed by atoms with Crippen molar-refractivity contribution < 1.29 is 4.79 Å². The van der Waals surface area contributed by atoms with Gasteiger partial charge in [0.15, 0.2) is 0 Å². The smallest absolute Gasteiger partial charge is 0.269 e. The van der Waals surface area contributed by atoms with Crippen LogP contribution in [0, 0.1) is 11.3 Å². The summed E-state index contributed by atoms with van der Waals surface area (Å²) in [7, 11) is 0. The fourth-order valence-corrected chi connectivity index (χ4v) is 4.53. The molecule has 1 saturated heterocycles. The van der Waals surface area contributed by atoms with Crippen molar-refractivity contribution in [2.45, 2.75) is 32.1 Å². The maximum absolute atomic E-state index is 12.5. The fourth-order valence-electron chi connectivity index (χ4n) is 4.53. The SMILES string of the molecule is O=C(NCC1CCCC12CCNCC2)c1ccc(-c2cn[nH]c2)cn1. The van der Waals surface area contributed by atoms with Crippen molar-refractivity contribution in [3.8, 4) is 11.1 Å². The summed E-state index contributed by atoms with van der Waals surface area (Å²) >= 11 is 0. The van der Waals surface area contributed by atoms with Gasteiger partial charge in [0, 0.05) is 30.1 Å². The Hall–Kier alpha value is -2.21. The molecule has 1 amide bonds. The number of hydrogen-bond acceptors (Lipinski definition) is 4. The summed E-state index contributed by atoms with van der Waals surface area (Å²) in [6.07, 6.45) is 11.6. The van der Waals surface area contributed by atoms with Gasteiger partial charge in [-0.15, -0.1) is 0 Å². The highest BCUT2D eigenvalue weighted by Crippen LogP contribution is 2.49. The molecule has 1 unspecified atom stereocenters. The number of hydrogen-bond donors (Lipinski definition) is 3. The number of carbonyl (C=O) groups excluding carboxylic acids is 1. The average Bonchev–Trinajstić information content (AvgIpc) is 3.31. The second-order valence-electron chi connectivity index (χ2n) is 7.33. The van der Waals surface area contributed by atoms with Crippen molar-refractivity contribution >= 4 is 5.91 Å². The molecule has 1 aliphatic heterocycles. The summed E-state index contributed by atoms with van der Waals surface area (Å²) in [5, 5.41) is 13.3. The third-order valence-corrected chi connectivity index (χ3v) is 6.03. The van der Waals surface area contributed by atoms with Crippen LogP contribution in [0.1, 0.15) is 42.6 Å². The second-order valence-corrected chi connectivity index (χ2v) is 7.33. The van der Waals surface area contributed by atoms with Crippen LogP contribution >= 0.6 is 0 Å². The van der Waals surface area contributed by atoms with Crippen LogP contribution < -0.4 is 10.6 Å². The first-order valence-electron chi connectivity index (χ1n) is 9.21. The maximum Gasteiger partial charge on any atom is 0.269 e. The number of piperidine rings is 1. The number of rotatable bonds is 4. The zero-order chi connectivity index (χ0) is 17.1. The second kappa shape index (κ2) is 6.96.